The van der Waals surface area contributed by atoms with Gasteiger partial charge in [-0.25, -0.2) is 4.98 Å². The monoisotopic (exact) mass is 468 g/mol. The van der Waals surface area contributed by atoms with E-state index >= 15 is 0 Å². The van der Waals surface area contributed by atoms with Crippen LogP contribution in [0.15, 0.2) is 35.7 Å². The number of nitrogens with one attached hydrogen (secondary N) is 2. The first-order valence-corrected chi connectivity index (χ1v) is 12.4. The lowest BCUT2D eigenvalue weighted by molar-refractivity contribution is -0.117. The summed E-state index contributed by atoms with van der Waals surface area (Å²) in [6.45, 7) is 5.09. The van der Waals surface area contributed by atoms with Crippen LogP contribution >= 0.6 is 22.7 Å². The van der Waals surface area contributed by atoms with Crippen LogP contribution in [0.2, 0.25) is 0 Å². The Hall–Kier alpha value is -2.75. The van der Waals surface area contributed by atoms with E-state index in [-0.39, 0.29) is 17.7 Å². The number of aryl methyl sites for hydroxylation is 1. The molecule has 0 atom stereocenters. The molecule has 166 valence electrons. The number of anilines is 3. The van der Waals surface area contributed by atoms with Crippen LogP contribution in [0.3, 0.4) is 0 Å². The zero-order valence-corrected chi connectivity index (χ0v) is 19.4. The topological polar surface area (TPSA) is 83.6 Å². The number of benzene rings is 1. The van der Waals surface area contributed by atoms with Gasteiger partial charge in [-0.05, 0) is 43.5 Å². The maximum Gasteiger partial charge on any atom is 0.266 e. The predicted octanol–water partition coefficient (Wildman–Crippen LogP) is 4.62. The molecule has 5 rings (SSSR count). The van der Waals surface area contributed by atoms with E-state index in [1.54, 1.807) is 11.3 Å². The smallest absolute Gasteiger partial charge is 0.266 e. The van der Waals surface area contributed by atoms with Gasteiger partial charge in [-0.1, -0.05) is 12.1 Å². The predicted molar refractivity (Wildman–Crippen MR) is 129 cm³/mol. The van der Waals surface area contributed by atoms with Crippen molar-refractivity contribution in [1.82, 2.24) is 4.98 Å². The maximum absolute atomic E-state index is 12.8. The molecule has 2 fully saturated rings. The van der Waals surface area contributed by atoms with Crippen molar-refractivity contribution in [2.45, 2.75) is 19.8 Å². The van der Waals surface area contributed by atoms with Gasteiger partial charge in [-0.2, -0.15) is 0 Å². The number of carbonyl (C=O) groups is 2. The lowest BCUT2D eigenvalue weighted by atomic mass is 10.1. The minimum atomic E-state index is -0.171. The van der Waals surface area contributed by atoms with Crippen LogP contribution in [-0.2, 0) is 9.53 Å². The van der Waals surface area contributed by atoms with E-state index in [2.05, 4.69) is 20.9 Å². The first kappa shape index (κ1) is 21.1. The van der Waals surface area contributed by atoms with Gasteiger partial charge in [0.15, 0.2) is 5.13 Å². The average molecular weight is 469 g/mol. The normalized spacial score (nSPS) is 16.1. The number of hydrogen-bond acceptors (Lipinski definition) is 7. The number of carbonyl (C=O) groups excluding carboxylic acids is 2. The molecule has 2 aliphatic rings. The third-order valence-corrected chi connectivity index (χ3v) is 7.58. The van der Waals surface area contributed by atoms with Crippen molar-refractivity contribution in [2.24, 2.45) is 5.92 Å². The molecule has 9 heteroatoms. The highest BCUT2D eigenvalue weighted by Gasteiger charge is 2.30. The van der Waals surface area contributed by atoms with E-state index in [4.69, 9.17) is 9.72 Å². The Bertz CT molecular complexity index is 1130. The summed E-state index contributed by atoms with van der Waals surface area (Å²) in [5, 5.41) is 9.67. The highest BCUT2D eigenvalue weighted by Crippen LogP contribution is 2.33. The molecule has 0 radical (unpaired) electrons. The van der Waals surface area contributed by atoms with Crippen molar-refractivity contribution < 1.29 is 14.3 Å². The van der Waals surface area contributed by atoms with Gasteiger partial charge in [0.2, 0.25) is 5.91 Å². The zero-order chi connectivity index (χ0) is 22.1. The molecule has 1 saturated carbocycles. The van der Waals surface area contributed by atoms with E-state index in [9.17, 15) is 9.59 Å². The molecule has 1 aromatic carbocycles. The molecule has 1 aliphatic carbocycles. The summed E-state index contributed by atoms with van der Waals surface area (Å²) >= 11 is 2.95. The molecular weight excluding hydrogens is 444 g/mol. The number of aromatic nitrogens is 1. The molecular formula is C23H24N4O3S2. The second-order valence-corrected chi connectivity index (χ2v) is 9.92. The fourth-order valence-electron chi connectivity index (χ4n) is 3.55. The van der Waals surface area contributed by atoms with Crippen LogP contribution in [0.25, 0.3) is 11.3 Å². The minimum absolute atomic E-state index is 0.0487. The summed E-state index contributed by atoms with van der Waals surface area (Å²) in [7, 11) is 0. The van der Waals surface area contributed by atoms with Crippen molar-refractivity contribution in [3.05, 3.63) is 46.2 Å². The lowest BCUT2D eigenvalue weighted by Gasteiger charge is -2.26. The Kier molecular flexibility index (Phi) is 5.95. The summed E-state index contributed by atoms with van der Waals surface area (Å²) in [6, 6.07) is 9.57. The summed E-state index contributed by atoms with van der Waals surface area (Å²) in [6.07, 6.45) is 1.91. The Morgan fingerprint density at radius 3 is 2.59 bits per heavy atom. The Labute approximate surface area is 194 Å². The summed E-state index contributed by atoms with van der Waals surface area (Å²) in [5.74, 6) is 0.0129. The highest BCUT2D eigenvalue weighted by atomic mass is 32.1. The van der Waals surface area contributed by atoms with E-state index in [1.807, 2.05) is 37.3 Å². The second kappa shape index (κ2) is 9.01. The van der Waals surface area contributed by atoms with Gasteiger partial charge < -0.3 is 20.3 Å². The van der Waals surface area contributed by atoms with Gasteiger partial charge in [-0.15, -0.1) is 22.7 Å². The van der Waals surface area contributed by atoms with E-state index in [1.165, 1.54) is 11.3 Å². The Morgan fingerprint density at radius 2 is 1.88 bits per heavy atom. The van der Waals surface area contributed by atoms with Crippen LogP contribution in [0, 0.1) is 12.8 Å². The molecule has 32 heavy (non-hydrogen) atoms. The highest BCUT2D eigenvalue weighted by molar-refractivity contribution is 7.18. The lowest BCUT2D eigenvalue weighted by Crippen LogP contribution is -2.36. The molecule has 0 spiro atoms. The molecule has 3 aromatic rings. The number of thiazole rings is 1. The molecule has 0 bridgehead atoms. The minimum Gasteiger partial charge on any atom is -0.378 e. The SMILES string of the molecule is Cc1cc(NC(=O)C2CC2)sc1C(=O)Nc1ccc(-c2csc(N3CCOCC3)n2)cc1. The first-order valence-electron chi connectivity index (χ1n) is 10.7. The summed E-state index contributed by atoms with van der Waals surface area (Å²) in [4.78, 5) is 32.4. The van der Waals surface area contributed by atoms with Crippen LogP contribution < -0.4 is 15.5 Å². The van der Waals surface area contributed by atoms with Gasteiger partial charge in [0.1, 0.15) is 0 Å². The first-order chi connectivity index (χ1) is 15.6. The van der Waals surface area contributed by atoms with Crippen LogP contribution in [0.4, 0.5) is 15.8 Å². The van der Waals surface area contributed by atoms with Crippen molar-refractivity contribution in [1.29, 1.82) is 0 Å². The van der Waals surface area contributed by atoms with Gasteiger partial charge in [-0.3, -0.25) is 9.59 Å². The number of hydrogen-bond donors (Lipinski definition) is 2. The molecule has 2 aromatic heterocycles. The number of nitrogens with zero attached hydrogens (tertiary/aromatic N) is 2. The van der Waals surface area contributed by atoms with Gasteiger partial charge in [0, 0.05) is 35.6 Å². The number of thiophene rings is 1. The fraction of sp³-hybridized carbons (Fsp3) is 0.348. The van der Waals surface area contributed by atoms with Gasteiger partial charge in [0.05, 0.1) is 28.8 Å². The molecule has 0 unspecified atom stereocenters. The molecule has 2 N–H and O–H groups in total. The second-order valence-electron chi connectivity index (χ2n) is 8.03. The average Bonchev–Trinajstić information content (AvgIpc) is 3.43. The van der Waals surface area contributed by atoms with E-state index in [0.717, 1.165) is 71.8 Å². The number of ether oxygens (including phenoxy) is 1. The van der Waals surface area contributed by atoms with Crippen LogP contribution in [0.5, 0.6) is 0 Å². The van der Waals surface area contributed by atoms with Crippen LogP contribution in [0.1, 0.15) is 28.1 Å². The number of morpholine rings is 1. The third kappa shape index (κ3) is 4.69. The standard InChI is InChI=1S/C23H24N4O3S2/c1-14-12-19(26-21(28)16-2-3-16)32-20(14)22(29)24-17-6-4-15(5-7-17)18-13-31-23(25-18)27-8-10-30-11-9-27/h4-7,12-13,16H,2-3,8-11H2,1H3,(H,24,29)(H,26,28). The van der Waals surface area contributed by atoms with Gasteiger partial charge in [0.25, 0.3) is 5.91 Å². The Balaban J connectivity index is 1.23. The summed E-state index contributed by atoms with van der Waals surface area (Å²) in [5.41, 5.74) is 3.52. The molecule has 3 heterocycles. The summed E-state index contributed by atoms with van der Waals surface area (Å²) < 4.78 is 5.41. The van der Waals surface area contributed by atoms with E-state index in [0.29, 0.717) is 4.88 Å². The molecule has 1 saturated heterocycles. The van der Waals surface area contributed by atoms with E-state index < -0.39 is 0 Å². The largest absolute Gasteiger partial charge is 0.378 e. The molecule has 2 amide bonds. The van der Waals surface area contributed by atoms with Gasteiger partial charge >= 0.3 is 0 Å². The molecule has 7 nitrogen and oxygen atoms in total. The van der Waals surface area contributed by atoms with Crippen molar-refractivity contribution in [3.63, 3.8) is 0 Å². The molecule has 1 aliphatic heterocycles. The fourth-order valence-corrected chi connectivity index (χ4v) is 5.41. The maximum atomic E-state index is 12.8. The van der Waals surface area contributed by atoms with Crippen molar-refractivity contribution in [2.75, 3.05) is 41.8 Å². The quantitative estimate of drug-likeness (QED) is 0.552. The number of rotatable bonds is 6. The Morgan fingerprint density at radius 1 is 1.12 bits per heavy atom. The van der Waals surface area contributed by atoms with Crippen LogP contribution in [-0.4, -0.2) is 43.1 Å². The van der Waals surface area contributed by atoms with Crippen molar-refractivity contribution in [3.8, 4) is 11.3 Å². The zero-order valence-electron chi connectivity index (χ0n) is 17.7. The number of amides is 2. The van der Waals surface area contributed by atoms with Crippen molar-refractivity contribution >= 4 is 50.3 Å². The third-order valence-electron chi connectivity index (χ3n) is 5.53.